The minimum Gasteiger partial charge on any atom is -0.547 e. The van der Waals surface area contributed by atoms with Gasteiger partial charge < -0.3 is 20.1 Å². The van der Waals surface area contributed by atoms with Gasteiger partial charge in [0.1, 0.15) is 6.10 Å². The number of rotatable bonds is 2. The predicted octanol–water partition coefficient (Wildman–Crippen LogP) is -6.29. The minimum absolute atomic E-state index is 0. The van der Waals surface area contributed by atoms with E-state index in [2.05, 4.69) is 0 Å². The molecule has 9 heavy (non-hydrogen) atoms. The summed E-state index contributed by atoms with van der Waals surface area (Å²) in [5, 5.41) is 25.3. The number of carbonyl (C=O) groups is 1. The average molecular weight is 266 g/mol. The van der Waals surface area contributed by atoms with Gasteiger partial charge in [0, 0.05) is 0 Å². The van der Waals surface area contributed by atoms with E-state index in [9.17, 15) is 9.90 Å². The summed E-state index contributed by atoms with van der Waals surface area (Å²) >= 11 is 0. The third kappa shape index (κ3) is 9.84. The van der Waals surface area contributed by atoms with Crippen molar-refractivity contribution in [3.63, 3.8) is 0 Å². The SMILES string of the molecule is O=C([O-])C(O)CO.[K+].[Sb+3]. The molecule has 0 aromatic rings. The first-order valence-corrected chi connectivity index (χ1v) is 1.68. The van der Waals surface area contributed by atoms with Gasteiger partial charge in [-0.15, -0.1) is 0 Å². The molecule has 0 aliphatic heterocycles. The van der Waals surface area contributed by atoms with Crippen LogP contribution in [0.25, 0.3) is 0 Å². The Hall–Kier alpha value is 1.84. The summed E-state index contributed by atoms with van der Waals surface area (Å²) in [6.45, 7) is -0.789. The van der Waals surface area contributed by atoms with Gasteiger partial charge in [-0.3, -0.25) is 0 Å². The summed E-state index contributed by atoms with van der Waals surface area (Å²) in [6, 6.07) is 0. The van der Waals surface area contributed by atoms with Crippen LogP contribution < -0.4 is 56.5 Å². The van der Waals surface area contributed by atoms with Crippen LogP contribution in [0.1, 0.15) is 0 Å². The van der Waals surface area contributed by atoms with Crippen molar-refractivity contribution < 1.29 is 71.5 Å². The van der Waals surface area contributed by atoms with Gasteiger partial charge in [0.15, 0.2) is 0 Å². The van der Waals surface area contributed by atoms with Crippen LogP contribution >= 0.6 is 0 Å². The van der Waals surface area contributed by atoms with Crippen LogP contribution in [0, 0.1) is 0 Å². The first-order chi connectivity index (χ1) is 3.18. The van der Waals surface area contributed by atoms with Gasteiger partial charge in [0.2, 0.25) is 0 Å². The van der Waals surface area contributed by atoms with Crippen LogP contribution in [-0.4, -0.2) is 53.3 Å². The van der Waals surface area contributed by atoms with Crippen molar-refractivity contribution in [2.45, 2.75) is 6.10 Å². The number of aliphatic hydroxyl groups is 2. The Morgan fingerprint density at radius 2 is 2.00 bits per heavy atom. The van der Waals surface area contributed by atoms with Crippen LogP contribution in [0.3, 0.4) is 0 Å². The van der Waals surface area contributed by atoms with Gasteiger partial charge in [0.25, 0.3) is 0 Å². The first-order valence-electron chi connectivity index (χ1n) is 1.68. The van der Waals surface area contributed by atoms with Crippen molar-refractivity contribution in [3.8, 4) is 0 Å². The molecule has 0 saturated heterocycles. The van der Waals surface area contributed by atoms with Crippen molar-refractivity contribution in [3.05, 3.63) is 0 Å². The molecule has 4 nitrogen and oxygen atoms in total. The Labute approximate surface area is 113 Å². The summed E-state index contributed by atoms with van der Waals surface area (Å²) in [7, 11) is 0. The number of carboxylic acid groups (broad SMARTS) is 1. The third-order valence-electron chi connectivity index (χ3n) is 0.445. The van der Waals surface area contributed by atoms with Crippen LogP contribution in [0.4, 0.5) is 0 Å². The number of carbonyl (C=O) groups excluding carboxylic acids is 1. The molecule has 2 N–H and O–H groups in total. The molecule has 6 heteroatoms. The molecule has 2 radical (unpaired) electrons. The van der Waals surface area contributed by atoms with Gasteiger partial charge in [-0.1, -0.05) is 0 Å². The molecular weight excluding hydrogens is 261 g/mol. The molecule has 1 atom stereocenters. The molecule has 0 aliphatic carbocycles. The van der Waals surface area contributed by atoms with E-state index in [0.717, 1.165) is 0 Å². The zero-order valence-corrected chi connectivity index (χ0v) is 10.6. The van der Waals surface area contributed by atoms with Crippen molar-refractivity contribution in [1.29, 1.82) is 0 Å². The number of carboxylic acids is 1. The second-order valence-corrected chi connectivity index (χ2v) is 1.02. The number of aliphatic carboxylic acids is 1. The zero-order valence-electron chi connectivity index (χ0n) is 4.94. The largest absolute Gasteiger partial charge is 3.00 e. The quantitative estimate of drug-likeness (QED) is 0.487. The smallest absolute Gasteiger partial charge is 0.547 e. The standard InChI is InChI=1S/C3H6O4.K.Sb/c4-1-2(5)3(6)7;;/h2,4-5H,1H2,(H,6,7);;/q;+1;+3/p-1. The number of hydrogen-bond acceptors (Lipinski definition) is 4. The van der Waals surface area contributed by atoms with Crippen LogP contribution in [0.15, 0.2) is 0 Å². The summed E-state index contributed by atoms with van der Waals surface area (Å²) < 4.78 is 0. The molecule has 0 rings (SSSR count). The van der Waals surface area contributed by atoms with Crippen molar-refractivity contribution in [1.82, 2.24) is 0 Å². The second-order valence-electron chi connectivity index (χ2n) is 1.02. The molecule has 0 aromatic carbocycles. The fraction of sp³-hybridized carbons (Fsp3) is 0.667. The van der Waals surface area contributed by atoms with E-state index in [1.54, 1.807) is 0 Å². The minimum atomic E-state index is -1.74. The third-order valence-corrected chi connectivity index (χ3v) is 0.445. The summed E-state index contributed by atoms with van der Waals surface area (Å²) in [5.41, 5.74) is 0. The van der Waals surface area contributed by atoms with Gasteiger partial charge in [0.05, 0.1) is 12.6 Å². The topological polar surface area (TPSA) is 80.6 Å². The molecule has 44 valence electrons. The van der Waals surface area contributed by atoms with Crippen molar-refractivity contribution >= 4 is 30.4 Å². The van der Waals surface area contributed by atoms with Crippen molar-refractivity contribution in [2.75, 3.05) is 6.61 Å². The molecule has 0 heterocycles. The zero-order chi connectivity index (χ0) is 5.86. The van der Waals surface area contributed by atoms with E-state index in [4.69, 9.17) is 10.2 Å². The Balaban J connectivity index is -0.000000180. The Morgan fingerprint density at radius 3 is 2.00 bits per heavy atom. The van der Waals surface area contributed by atoms with E-state index in [0.29, 0.717) is 0 Å². The van der Waals surface area contributed by atoms with Gasteiger partial charge in [-0.05, 0) is 0 Å². The van der Waals surface area contributed by atoms with Crippen molar-refractivity contribution in [2.24, 2.45) is 0 Å². The molecule has 0 aromatic heterocycles. The van der Waals surface area contributed by atoms with E-state index in [1.807, 2.05) is 0 Å². The predicted molar refractivity (Wildman–Crippen MR) is 23.9 cm³/mol. The molecule has 0 fully saturated rings. The fourth-order valence-electron chi connectivity index (χ4n) is 0.0745. The van der Waals surface area contributed by atoms with Crippen LogP contribution in [-0.2, 0) is 4.79 Å². The Kier molecular flexibility index (Phi) is 18.7. The summed E-state index contributed by atoms with van der Waals surface area (Å²) in [4.78, 5) is 9.41. The molecular formula is C3H5KO4Sb+3. The molecule has 0 bridgehead atoms. The van der Waals surface area contributed by atoms with Gasteiger partial charge >= 0.3 is 75.8 Å². The van der Waals surface area contributed by atoms with Crippen LogP contribution in [0.2, 0.25) is 0 Å². The number of hydrogen-bond donors (Lipinski definition) is 2. The molecule has 0 amide bonds. The molecule has 0 aliphatic rings. The first kappa shape index (κ1) is 17.1. The van der Waals surface area contributed by atoms with Gasteiger partial charge in [-0.2, -0.15) is 0 Å². The monoisotopic (exact) mass is 265 g/mol. The summed E-state index contributed by atoms with van der Waals surface area (Å²) in [5.74, 6) is -1.65. The van der Waals surface area contributed by atoms with E-state index in [-0.39, 0.29) is 75.8 Å². The van der Waals surface area contributed by atoms with E-state index < -0.39 is 18.7 Å². The maximum atomic E-state index is 9.41. The second kappa shape index (κ2) is 9.84. The van der Waals surface area contributed by atoms with E-state index in [1.165, 1.54) is 0 Å². The fourth-order valence-corrected chi connectivity index (χ4v) is 0.0745. The molecule has 0 spiro atoms. The maximum absolute atomic E-state index is 9.41. The Bertz CT molecular complexity index is 78.2. The summed E-state index contributed by atoms with van der Waals surface area (Å²) in [6.07, 6.45) is -1.74. The molecule has 1 unspecified atom stereocenters. The van der Waals surface area contributed by atoms with E-state index >= 15 is 0 Å². The average Bonchev–Trinajstić information content (AvgIpc) is 1.65. The van der Waals surface area contributed by atoms with Crippen LogP contribution in [0.5, 0.6) is 0 Å². The van der Waals surface area contributed by atoms with Gasteiger partial charge in [-0.25, -0.2) is 0 Å². The maximum Gasteiger partial charge on any atom is 3.00 e. The molecule has 0 saturated carbocycles. The Morgan fingerprint density at radius 1 is 1.67 bits per heavy atom. The normalized spacial score (nSPS) is 10.4. The number of aliphatic hydroxyl groups excluding tert-OH is 2.